The second kappa shape index (κ2) is 6.55. The molecule has 1 aromatic rings. The Balaban J connectivity index is 1.74. The standard InChI is InChI=1S/C15H25NS/c1-3-4-13-5-7-15(8-6-13)16-12(2)14-9-10-17-11-14/h9-13,15-16H,3-8H2,1-2H3. The highest BCUT2D eigenvalue weighted by molar-refractivity contribution is 7.07. The number of hydrogen-bond donors (Lipinski definition) is 1. The molecule has 1 nitrogen and oxygen atoms in total. The molecule has 1 aliphatic rings. The maximum absolute atomic E-state index is 3.79. The molecule has 2 heteroatoms. The second-order valence-corrected chi connectivity index (χ2v) is 6.23. The molecule has 0 amide bonds. The summed E-state index contributed by atoms with van der Waals surface area (Å²) in [5.41, 5.74) is 1.45. The average molecular weight is 251 g/mol. The number of nitrogens with one attached hydrogen (secondary N) is 1. The number of thiophene rings is 1. The van der Waals surface area contributed by atoms with Gasteiger partial charge in [0.25, 0.3) is 0 Å². The predicted octanol–water partition coefficient (Wildman–Crippen LogP) is 4.76. The monoisotopic (exact) mass is 251 g/mol. The maximum Gasteiger partial charge on any atom is 0.0302 e. The minimum atomic E-state index is 0.522. The zero-order valence-corrected chi connectivity index (χ0v) is 11.9. The highest BCUT2D eigenvalue weighted by Crippen LogP contribution is 2.29. The number of rotatable bonds is 5. The van der Waals surface area contributed by atoms with Gasteiger partial charge in [-0.1, -0.05) is 19.8 Å². The highest BCUT2D eigenvalue weighted by Gasteiger charge is 2.21. The lowest BCUT2D eigenvalue weighted by molar-refractivity contribution is 0.266. The van der Waals surface area contributed by atoms with Crippen LogP contribution in [0.3, 0.4) is 0 Å². The van der Waals surface area contributed by atoms with E-state index in [4.69, 9.17) is 0 Å². The zero-order chi connectivity index (χ0) is 12.1. The molecule has 1 aromatic heterocycles. The molecule has 1 aliphatic carbocycles. The summed E-state index contributed by atoms with van der Waals surface area (Å²) in [4.78, 5) is 0. The Hall–Kier alpha value is -0.340. The van der Waals surface area contributed by atoms with Crippen molar-refractivity contribution in [1.82, 2.24) is 5.32 Å². The molecule has 0 spiro atoms. The fraction of sp³-hybridized carbons (Fsp3) is 0.733. The Morgan fingerprint density at radius 1 is 1.35 bits per heavy atom. The average Bonchev–Trinajstić information content (AvgIpc) is 2.86. The third-order valence-electron chi connectivity index (χ3n) is 4.07. The Kier molecular flexibility index (Phi) is 5.05. The van der Waals surface area contributed by atoms with Crippen molar-refractivity contribution in [2.75, 3.05) is 0 Å². The smallest absolute Gasteiger partial charge is 0.0302 e. The van der Waals surface area contributed by atoms with Crippen molar-refractivity contribution in [1.29, 1.82) is 0 Å². The summed E-state index contributed by atoms with van der Waals surface area (Å²) in [5.74, 6) is 1.01. The van der Waals surface area contributed by atoms with Crippen molar-refractivity contribution >= 4 is 11.3 Å². The molecular weight excluding hydrogens is 226 g/mol. The van der Waals surface area contributed by atoms with Gasteiger partial charge < -0.3 is 5.32 Å². The first kappa shape index (κ1) is 13.1. The summed E-state index contributed by atoms with van der Waals surface area (Å²) < 4.78 is 0. The van der Waals surface area contributed by atoms with E-state index in [9.17, 15) is 0 Å². The predicted molar refractivity (Wildman–Crippen MR) is 76.5 cm³/mol. The lowest BCUT2D eigenvalue weighted by Crippen LogP contribution is -2.34. The van der Waals surface area contributed by atoms with E-state index in [1.165, 1.54) is 44.1 Å². The fourth-order valence-corrected chi connectivity index (χ4v) is 3.75. The van der Waals surface area contributed by atoms with Crippen LogP contribution in [0, 0.1) is 5.92 Å². The summed E-state index contributed by atoms with van der Waals surface area (Å²) in [6, 6.07) is 3.51. The van der Waals surface area contributed by atoms with Gasteiger partial charge in [0.15, 0.2) is 0 Å². The van der Waals surface area contributed by atoms with E-state index in [0.717, 1.165) is 12.0 Å². The van der Waals surface area contributed by atoms with Gasteiger partial charge in [-0.25, -0.2) is 0 Å². The molecule has 1 N–H and O–H groups in total. The summed E-state index contributed by atoms with van der Waals surface area (Å²) in [5, 5.41) is 8.23. The van der Waals surface area contributed by atoms with Gasteiger partial charge >= 0.3 is 0 Å². The van der Waals surface area contributed by atoms with Gasteiger partial charge in [-0.3, -0.25) is 0 Å². The summed E-state index contributed by atoms with van der Waals surface area (Å²) >= 11 is 1.80. The van der Waals surface area contributed by atoms with E-state index >= 15 is 0 Å². The lowest BCUT2D eigenvalue weighted by atomic mass is 9.83. The largest absolute Gasteiger partial charge is 0.307 e. The zero-order valence-electron chi connectivity index (χ0n) is 11.1. The third-order valence-corrected chi connectivity index (χ3v) is 4.77. The molecule has 1 saturated carbocycles. The molecule has 17 heavy (non-hydrogen) atoms. The highest BCUT2D eigenvalue weighted by atomic mass is 32.1. The van der Waals surface area contributed by atoms with Crippen LogP contribution >= 0.6 is 11.3 Å². The fourth-order valence-electron chi connectivity index (χ4n) is 3.00. The molecule has 2 rings (SSSR count). The van der Waals surface area contributed by atoms with Crippen molar-refractivity contribution in [3.63, 3.8) is 0 Å². The molecule has 0 saturated heterocycles. The number of hydrogen-bond acceptors (Lipinski definition) is 2. The Morgan fingerprint density at radius 2 is 2.12 bits per heavy atom. The minimum absolute atomic E-state index is 0.522. The van der Waals surface area contributed by atoms with E-state index in [2.05, 4.69) is 36.0 Å². The molecule has 0 radical (unpaired) electrons. The maximum atomic E-state index is 3.79. The van der Waals surface area contributed by atoms with Crippen LogP contribution < -0.4 is 5.32 Å². The van der Waals surface area contributed by atoms with Crippen molar-refractivity contribution in [3.8, 4) is 0 Å². The normalized spacial score (nSPS) is 26.9. The van der Waals surface area contributed by atoms with E-state index in [0.29, 0.717) is 6.04 Å². The van der Waals surface area contributed by atoms with E-state index in [1.54, 1.807) is 11.3 Å². The van der Waals surface area contributed by atoms with Crippen molar-refractivity contribution in [3.05, 3.63) is 22.4 Å². The van der Waals surface area contributed by atoms with Crippen LogP contribution in [-0.4, -0.2) is 6.04 Å². The Labute approximate surface area is 110 Å². The molecule has 0 bridgehead atoms. The van der Waals surface area contributed by atoms with Crippen LogP contribution in [-0.2, 0) is 0 Å². The van der Waals surface area contributed by atoms with Crippen LogP contribution in [0.25, 0.3) is 0 Å². The first-order valence-electron chi connectivity index (χ1n) is 7.07. The second-order valence-electron chi connectivity index (χ2n) is 5.45. The SMILES string of the molecule is CCCC1CCC(NC(C)c2ccsc2)CC1. The van der Waals surface area contributed by atoms with Gasteiger partial charge in [0.1, 0.15) is 0 Å². The molecular formula is C15H25NS. The lowest BCUT2D eigenvalue weighted by Gasteiger charge is -2.31. The van der Waals surface area contributed by atoms with E-state index in [1.807, 2.05) is 0 Å². The van der Waals surface area contributed by atoms with Gasteiger partial charge in [-0.2, -0.15) is 11.3 Å². The van der Waals surface area contributed by atoms with Crippen LogP contribution in [0.1, 0.15) is 64.0 Å². The Morgan fingerprint density at radius 3 is 2.71 bits per heavy atom. The quantitative estimate of drug-likeness (QED) is 0.795. The van der Waals surface area contributed by atoms with Crippen molar-refractivity contribution < 1.29 is 0 Å². The summed E-state index contributed by atoms with van der Waals surface area (Å²) in [6.45, 7) is 4.60. The molecule has 1 fully saturated rings. The van der Waals surface area contributed by atoms with E-state index in [-0.39, 0.29) is 0 Å². The molecule has 1 heterocycles. The van der Waals surface area contributed by atoms with Crippen LogP contribution in [0.15, 0.2) is 16.8 Å². The molecule has 0 aromatic carbocycles. The van der Waals surface area contributed by atoms with Crippen LogP contribution in [0.2, 0.25) is 0 Å². The van der Waals surface area contributed by atoms with Gasteiger partial charge in [0, 0.05) is 12.1 Å². The topological polar surface area (TPSA) is 12.0 Å². The molecule has 0 aliphatic heterocycles. The van der Waals surface area contributed by atoms with E-state index < -0.39 is 0 Å². The van der Waals surface area contributed by atoms with Gasteiger partial charge in [-0.15, -0.1) is 0 Å². The van der Waals surface area contributed by atoms with Crippen LogP contribution in [0.5, 0.6) is 0 Å². The molecule has 1 atom stereocenters. The summed E-state index contributed by atoms with van der Waals surface area (Å²) in [6.07, 6.45) is 8.41. The van der Waals surface area contributed by atoms with Gasteiger partial charge in [0.2, 0.25) is 0 Å². The van der Waals surface area contributed by atoms with Gasteiger partial charge in [0.05, 0.1) is 0 Å². The third kappa shape index (κ3) is 3.82. The van der Waals surface area contributed by atoms with Crippen molar-refractivity contribution in [2.45, 2.75) is 64.5 Å². The first-order valence-corrected chi connectivity index (χ1v) is 8.02. The Bertz CT molecular complexity index is 299. The molecule has 96 valence electrons. The van der Waals surface area contributed by atoms with Crippen LogP contribution in [0.4, 0.5) is 0 Å². The molecule has 1 unspecified atom stereocenters. The van der Waals surface area contributed by atoms with Gasteiger partial charge in [-0.05, 0) is 60.9 Å². The summed E-state index contributed by atoms with van der Waals surface area (Å²) in [7, 11) is 0. The first-order chi connectivity index (χ1) is 8.29. The minimum Gasteiger partial charge on any atom is -0.307 e. The van der Waals surface area contributed by atoms with Crippen molar-refractivity contribution in [2.24, 2.45) is 5.92 Å².